The summed E-state index contributed by atoms with van der Waals surface area (Å²) >= 11 is 1.61. The van der Waals surface area contributed by atoms with Crippen LogP contribution in [0.5, 0.6) is 11.5 Å². The number of imide groups is 1. The van der Waals surface area contributed by atoms with Gasteiger partial charge in [0.2, 0.25) is 11.7 Å². The van der Waals surface area contributed by atoms with Gasteiger partial charge < -0.3 is 14.0 Å². The standard InChI is InChI=1S/C22H21N3O5S/c1-28-17-9-8-13(12-18(17)29-2)19-23-20(30-24-19)16(10-11-31-3)25-21(26)14-6-4-5-7-15(14)22(25)27/h4-9,12,16H,10-11H2,1-3H3/t16-/m0/s1. The van der Waals surface area contributed by atoms with Crippen molar-refractivity contribution in [2.24, 2.45) is 0 Å². The molecule has 0 unspecified atom stereocenters. The van der Waals surface area contributed by atoms with E-state index in [1.807, 2.05) is 6.26 Å². The van der Waals surface area contributed by atoms with Crippen molar-refractivity contribution in [2.75, 3.05) is 26.2 Å². The molecule has 0 fully saturated rings. The molecule has 0 N–H and O–H groups in total. The van der Waals surface area contributed by atoms with Crippen LogP contribution >= 0.6 is 11.8 Å². The van der Waals surface area contributed by atoms with Gasteiger partial charge in [0.05, 0.1) is 25.3 Å². The molecule has 0 bridgehead atoms. The SMILES string of the molecule is COc1ccc(-c2noc([C@H](CCSC)N3C(=O)c4ccccc4C3=O)n2)cc1OC. The lowest BCUT2D eigenvalue weighted by molar-refractivity contribution is 0.0548. The van der Waals surface area contributed by atoms with Gasteiger partial charge in [-0.1, -0.05) is 17.3 Å². The van der Waals surface area contributed by atoms with Gasteiger partial charge in [0, 0.05) is 5.56 Å². The Morgan fingerprint density at radius 2 is 1.71 bits per heavy atom. The molecule has 1 aromatic heterocycles. The molecule has 0 saturated heterocycles. The predicted molar refractivity (Wildman–Crippen MR) is 116 cm³/mol. The van der Waals surface area contributed by atoms with E-state index in [1.165, 1.54) is 4.90 Å². The average Bonchev–Trinajstić information content (AvgIpc) is 3.39. The van der Waals surface area contributed by atoms with Crippen molar-refractivity contribution in [1.29, 1.82) is 0 Å². The Balaban J connectivity index is 1.69. The number of ether oxygens (including phenoxy) is 2. The number of carbonyl (C=O) groups excluding carboxylic acids is 2. The van der Waals surface area contributed by atoms with Crippen molar-refractivity contribution in [3.05, 3.63) is 59.5 Å². The number of nitrogens with zero attached hydrogens (tertiary/aromatic N) is 3. The van der Waals surface area contributed by atoms with Crippen LogP contribution in [-0.2, 0) is 0 Å². The van der Waals surface area contributed by atoms with Crippen LogP contribution in [0.1, 0.15) is 39.1 Å². The third-order valence-corrected chi connectivity index (χ3v) is 5.75. The smallest absolute Gasteiger partial charge is 0.262 e. The first-order valence-corrected chi connectivity index (χ1v) is 11.0. The molecule has 31 heavy (non-hydrogen) atoms. The molecule has 3 aromatic rings. The number of rotatable bonds is 8. The first-order chi connectivity index (χ1) is 15.1. The Bertz CT molecular complexity index is 1090. The second-order valence-electron chi connectivity index (χ2n) is 6.85. The maximum absolute atomic E-state index is 13.0. The Morgan fingerprint density at radius 3 is 2.32 bits per heavy atom. The highest BCUT2D eigenvalue weighted by Crippen LogP contribution is 2.35. The van der Waals surface area contributed by atoms with Gasteiger partial charge in [-0.25, -0.2) is 0 Å². The number of fused-ring (bicyclic) bond motifs is 1. The highest BCUT2D eigenvalue weighted by Gasteiger charge is 2.42. The number of hydrogen-bond donors (Lipinski definition) is 0. The molecule has 160 valence electrons. The van der Waals surface area contributed by atoms with Gasteiger partial charge in [0.1, 0.15) is 6.04 Å². The summed E-state index contributed by atoms with van der Waals surface area (Å²) in [6, 6.07) is 11.4. The Labute approximate surface area is 183 Å². The van der Waals surface area contributed by atoms with E-state index in [1.54, 1.807) is 68.4 Å². The van der Waals surface area contributed by atoms with E-state index >= 15 is 0 Å². The van der Waals surface area contributed by atoms with Crippen molar-refractivity contribution < 1.29 is 23.6 Å². The Morgan fingerprint density at radius 1 is 1.03 bits per heavy atom. The molecule has 0 spiro atoms. The maximum Gasteiger partial charge on any atom is 0.262 e. The molecule has 2 heterocycles. The van der Waals surface area contributed by atoms with Gasteiger partial charge in [0.25, 0.3) is 11.8 Å². The predicted octanol–water partition coefficient (Wildman–Crippen LogP) is 3.84. The number of carbonyl (C=O) groups is 2. The molecule has 8 nitrogen and oxygen atoms in total. The molecule has 1 atom stereocenters. The van der Waals surface area contributed by atoms with E-state index in [-0.39, 0.29) is 17.7 Å². The van der Waals surface area contributed by atoms with Crippen LogP contribution in [0.4, 0.5) is 0 Å². The maximum atomic E-state index is 13.0. The van der Waals surface area contributed by atoms with Crippen molar-refractivity contribution >= 4 is 23.6 Å². The monoisotopic (exact) mass is 439 g/mol. The molecule has 1 aliphatic heterocycles. The number of benzene rings is 2. The van der Waals surface area contributed by atoms with E-state index < -0.39 is 6.04 Å². The van der Waals surface area contributed by atoms with Crippen molar-refractivity contribution in [3.8, 4) is 22.9 Å². The topological polar surface area (TPSA) is 94.8 Å². The van der Waals surface area contributed by atoms with Crippen LogP contribution in [0.25, 0.3) is 11.4 Å². The van der Waals surface area contributed by atoms with E-state index in [0.717, 1.165) is 0 Å². The van der Waals surface area contributed by atoms with E-state index in [2.05, 4.69) is 10.1 Å². The molecular weight excluding hydrogens is 418 g/mol. The third kappa shape index (κ3) is 3.76. The number of aromatic nitrogens is 2. The average molecular weight is 439 g/mol. The molecule has 0 aliphatic carbocycles. The Kier molecular flexibility index (Phi) is 5.94. The lowest BCUT2D eigenvalue weighted by Crippen LogP contribution is -2.34. The first-order valence-electron chi connectivity index (χ1n) is 9.61. The quantitative estimate of drug-likeness (QED) is 0.489. The summed E-state index contributed by atoms with van der Waals surface area (Å²) in [5, 5.41) is 4.08. The molecule has 4 rings (SSSR count). The zero-order valence-corrected chi connectivity index (χ0v) is 18.1. The van der Waals surface area contributed by atoms with Crippen LogP contribution in [0, 0.1) is 0 Å². The number of thioether (sulfide) groups is 1. The minimum absolute atomic E-state index is 0.216. The molecule has 0 radical (unpaired) electrons. The minimum Gasteiger partial charge on any atom is -0.493 e. The molecular formula is C22H21N3O5S. The number of amides is 2. The lowest BCUT2D eigenvalue weighted by atomic mass is 10.1. The van der Waals surface area contributed by atoms with Gasteiger partial charge in [-0.2, -0.15) is 16.7 Å². The highest BCUT2D eigenvalue weighted by molar-refractivity contribution is 7.98. The fourth-order valence-corrected chi connectivity index (χ4v) is 4.01. The van der Waals surface area contributed by atoms with E-state index in [0.29, 0.717) is 46.2 Å². The van der Waals surface area contributed by atoms with Crippen LogP contribution in [-0.4, -0.2) is 53.1 Å². The second kappa shape index (κ2) is 8.81. The van der Waals surface area contributed by atoms with Crippen LogP contribution in [0.15, 0.2) is 47.0 Å². The summed E-state index contributed by atoms with van der Waals surface area (Å²) in [5.74, 6) is 1.68. The zero-order valence-electron chi connectivity index (χ0n) is 17.3. The normalized spacial score (nSPS) is 14.0. The summed E-state index contributed by atoms with van der Waals surface area (Å²) in [6.45, 7) is 0. The van der Waals surface area contributed by atoms with Gasteiger partial charge in [-0.15, -0.1) is 0 Å². The molecule has 9 heteroatoms. The summed E-state index contributed by atoms with van der Waals surface area (Å²) in [4.78, 5) is 31.7. The van der Waals surface area contributed by atoms with Crippen molar-refractivity contribution in [3.63, 3.8) is 0 Å². The third-order valence-electron chi connectivity index (χ3n) is 5.10. The molecule has 2 aromatic carbocycles. The largest absolute Gasteiger partial charge is 0.493 e. The van der Waals surface area contributed by atoms with Crippen molar-refractivity contribution in [2.45, 2.75) is 12.5 Å². The van der Waals surface area contributed by atoms with E-state index in [4.69, 9.17) is 14.0 Å². The molecule has 2 amide bonds. The van der Waals surface area contributed by atoms with Crippen molar-refractivity contribution in [1.82, 2.24) is 15.0 Å². The lowest BCUT2D eigenvalue weighted by Gasteiger charge is -2.22. The summed E-state index contributed by atoms with van der Waals surface area (Å²) in [7, 11) is 3.10. The molecule has 1 aliphatic rings. The first kappa shape index (κ1) is 20.9. The van der Waals surface area contributed by atoms with Gasteiger partial charge in [-0.05, 0) is 48.8 Å². The Hall–Kier alpha value is -3.33. The van der Waals surface area contributed by atoms with Gasteiger partial charge in [-0.3, -0.25) is 14.5 Å². The van der Waals surface area contributed by atoms with E-state index in [9.17, 15) is 9.59 Å². The number of hydrogen-bond acceptors (Lipinski definition) is 8. The van der Waals surface area contributed by atoms with Crippen LogP contribution < -0.4 is 9.47 Å². The van der Waals surface area contributed by atoms with Gasteiger partial charge in [0.15, 0.2) is 11.5 Å². The summed E-state index contributed by atoms with van der Waals surface area (Å²) in [5.41, 5.74) is 1.45. The number of methoxy groups -OCH3 is 2. The zero-order chi connectivity index (χ0) is 22.0. The van der Waals surface area contributed by atoms with Crippen LogP contribution in [0.3, 0.4) is 0 Å². The minimum atomic E-state index is -0.652. The molecule has 0 saturated carbocycles. The van der Waals surface area contributed by atoms with Gasteiger partial charge >= 0.3 is 0 Å². The fraction of sp³-hybridized carbons (Fsp3) is 0.273. The fourth-order valence-electron chi connectivity index (χ4n) is 3.55. The second-order valence-corrected chi connectivity index (χ2v) is 7.83. The summed E-state index contributed by atoms with van der Waals surface area (Å²) in [6.07, 6.45) is 2.46. The summed E-state index contributed by atoms with van der Waals surface area (Å²) < 4.78 is 16.1. The van der Waals surface area contributed by atoms with Crippen LogP contribution in [0.2, 0.25) is 0 Å². The highest BCUT2D eigenvalue weighted by atomic mass is 32.2.